The van der Waals surface area contributed by atoms with Crippen molar-refractivity contribution in [1.29, 1.82) is 0 Å². The standard InChI is InChI=1S/C17H34N4O2S.HI/c1-6-10-21-11-7-15(8-12-21)20-16(18-4)19-14-17(2,3)9-13-24(5,22)23;/h6,15H,1,7-14H2,2-5H3,(H2,18,19,20);1H. The van der Waals surface area contributed by atoms with Crippen molar-refractivity contribution in [1.82, 2.24) is 15.5 Å². The van der Waals surface area contributed by atoms with Crippen molar-refractivity contribution in [2.24, 2.45) is 10.4 Å². The summed E-state index contributed by atoms with van der Waals surface area (Å²) >= 11 is 0. The molecule has 0 aromatic rings. The van der Waals surface area contributed by atoms with Crippen LogP contribution in [0.1, 0.15) is 33.1 Å². The quantitative estimate of drug-likeness (QED) is 0.237. The van der Waals surface area contributed by atoms with E-state index in [4.69, 9.17) is 0 Å². The Balaban J connectivity index is 0.00000576. The number of hydrogen-bond donors (Lipinski definition) is 2. The fraction of sp³-hybridized carbons (Fsp3) is 0.824. The van der Waals surface area contributed by atoms with Crippen LogP contribution in [0.3, 0.4) is 0 Å². The highest BCUT2D eigenvalue weighted by Gasteiger charge is 2.22. The van der Waals surface area contributed by atoms with Gasteiger partial charge in [-0.1, -0.05) is 19.9 Å². The summed E-state index contributed by atoms with van der Waals surface area (Å²) in [6.07, 6.45) is 6.05. The molecule has 6 nitrogen and oxygen atoms in total. The van der Waals surface area contributed by atoms with Gasteiger partial charge < -0.3 is 10.6 Å². The third-order valence-electron chi connectivity index (χ3n) is 4.42. The van der Waals surface area contributed by atoms with E-state index in [-0.39, 0.29) is 35.1 Å². The second kappa shape index (κ2) is 11.4. The van der Waals surface area contributed by atoms with Crippen LogP contribution in [-0.4, -0.2) is 70.6 Å². The van der Waals surface area contributed by atoms with Crippen molar-refractivity contribution < 1.29 is 8.42 Å². The Kier molecular flexibility index (Phi) is 11.2. The van der Waals surface area contributed by atoms with E-state index in [1.54, 1.807) is 7.05 Å². The Hall–Kier alpha value is -0.350. The van der Waals surface area contributed by atoms with Crippen molar-refractivity contribution in [2.75, 3.05) is 45.2 Å². The minimum absolute atomic E-state index is 0. The Morgan fingerprint density at radius 3 is 2.44 bits per heavy atom. The highest BCUT2D eigenvalue weighted by atomic mass is 127. The number of piperidine rings is 1. The highest BCUT2D eigenvalue weighted by molar-refractivity contribution is 14.0. The lowest BCUT2D eigenvalue weighted by molar-refractivity contribution is 0.224. The number of likely N-dealkylation sites (tertiary alicyclic amines) is 1. The van der Waals surface area contributed by atoms with Gasteiger partial charge in [0.15, 0.2) is 5.96 Å². The van der Waals surface area contributed by atoms with Gasteiger partial charge in [-0.2, -0.15) is 0 Å². The molecule has 0 atom stereocenters. The summed E-state index contributed by atoms with van der Waals surface area (Å²) in [5, 5.41) is 6.83. The second-order valence-corrected chi connectivity index (χ2v) is 9.74. The summed E-state index contributed by atoms with van der Waals surface area (Å²) in [4.78, 5) is 6.69. The number of guanidine groups is 1. The lowest BCUT2D eigenvalue weighted by Crippen LogP contribution is -2.50. The first-order valence-corrected chi connectivity index (χ1v) is 10.7. The molecule has 0 amide bonds. The van der Waals surface area contributed by atoms with Crippen LogP contribution < -0.4 is 10.6 Å². The Bertz CT molecular complexity index is 527. The normalized spacial score (nSPS) is 17.7. The SMILES string of the molecule is C=CCN1CCC(NC(=NC)NCC(C)(C)CCS(C)(=O)=O)CC1.I. The molecule has 0 aromatic heterocycles. The van der Waals surface area contributed by atoms with Crippen LogP contribution in [0.4, 0.5) is 0 Å². The molecule has 0 aliphatic carbocycles. The van der Waals surface area contributed by atoms with E-state index in [2.05, 4.69) is 41.0 Å². The molecule has 1 aliphatic rings. The number of nitrogens with zero attached hydrogens (tertiary/aromatic N) is 2. The van der Waals surface area contributed by atoms with Crippen molar-refractivity contribution >= 4 is 39.8 Å². The number of aliphatic imine (C=N–C) groups is 1. The van der Waals surface area contributed by atoms with Gasteiger partial charge in [0.05, 0.1) is 5.75 Å². The molecule has 0 bridgehead atoms. The van der Waals surface area contributed by atoms with E-state index in [0.717, 1.165) is 38.4 Å². The molecule has 1 fully saturated rings. The van der Waals surface area contributed by atoms with E-state index in [9.17, 15) is 8.42 Å². The topological polar surface area (TPSA) is 73.8 Å². The van der Waals surface area contributed by atoms with Crippen molar-refractivity contribution in [3.63, 3.8) is 0 Å². The molecule has 0 unspecified atom stereocenters. The Morgan fingerprint density at radius 2 is 1.96 bits per heavy atom. The fourth-order valence-corrected chi connectivity index (χ4v) is 3.63. The van der Waals surface area contributed by atoms with Gasteiger partial charge in [-0.15, -0.1) is 30.6 Å². The lowest BCUT2D eigenvalue weighted by atomic mass is 9.90. The smallest absolute Gasteiger partial charge is 0.191 e. The number of rotatable bonds is 8. The van der Waals surface area contributed by atoms with Gasteiger partial charge in [0.2, 0.25) is 0 Å². The molecule has 0 radical (unpaired) electrons. The summed E-state index contributed by atoms with van der Waals surface area (Å²) < 4.78 is 22.7. The molecule has 1 saturated heterocycles. The third-order valence-corrected chi connectivity index (χ3v) is 5.37. The molecule has 8 heteroatoms. The molecule has 0 spiro atoms. The van der Waals surface area contributed by atoms with E-state index in [1.807, 2.05) is 6.08 Å². The van der Waals surface area contributed by atoms with Crippen molar-refractivity contribution in [2.45, 2.75) is 39.2 Å². The maximum atomic E-state index is 11.3. The average Bonchev–Trinajstić information content (AvgIpc) is 2.51. The molecule has 0 saturated carbocycles. The predicted octanol–water partition coefficient (Wildman–Crippen LogP) is 1.88. The molecule has 1 rings (SSSR count). The first-order chi connectivity index (χ1) is 11.1. The number of sulfone groups is 1. The van der Waals surface area contributed by atoms with Gasteiger partial charge in [-0.3, -0.25) is 9.89 Å². The largest absolute Gasteiger partial charge is 0.356 e. The lowest BCUT2D eigenvalue weighted by Gasteiger charge is -2.33. The van der Waals surface area contributed by atoms with Gasteiger partial charge in [0, 0.05) is 45.5 Å². The van der Waals surface area contributed by atoms with Gasteiger partial charge in [-0.05, 0) is 24.7 Å². The molecular weight excluding hydrogens is 451 g/mol. The minimum Gasteiger partial charge on any atom is -0.356 e. The van der Waals surface area contributed by atoms with Crippen molar-refractivity contribution in [3.8, 4) is 0 Å². The number of hydrogen-bond acceptors (Lipinski definition) is 4. The van der Waals surface area contributed by atoms with E-state index < -0.39 is 9.84 Å². The van der Waals surface area contributed by atoms with Gasteiger partial charge in [0.25, 0.3) is 0 Å². The van der Waals surface area contributed by atoms with Gasteiger partial charge in [-0.25, -0.2) is 8.42 Å². The second-order valence-electron chi connectivity index (χ2n) is 7.48. The minimum atomic E-state index is -2.92. The maximum absolute atomic E-state index is 11.3. The maximum Gasteiger partial charge on any atom is 0.191 e. The molecule has 0 aromatic carbocycles. The third kappa shape index (κ3) is 11.1. The highest BCUT2D eigenvalue weighted by Crippen LogP contribution is 2.19. The van der Waals surface area contributed by atoms with Gasteiger partial charge >= 0.3 is 0 Å². The summed E-state index contributed by atoms with van der Waals surface area (Å²) in [5.41, 5.74) is -0.103. The number of halogens is 1. The summed E-state index contributed by atoms with van der Waals surface area (Å²) in [6.45, 7) is 11.7. The van der Waals surface area contributed by atoms with E-state index in [0.29, 0.717) is 19.0 Å². The molecule has 1 heterocycles. The zero-order valence-electron chi connectivity index (χ0n) is 16.0. The van der Waals surface area contributed by atoms with Crippen LogP contribution in [0.5, 0.6) is 0 Å². The zero-order chi connectivity index (χ0) is 18.2. The van der Waals surface area contributed by atoms with Crippen LogP contribution in [-0.2, 0) is 9.84 Å². The summed E-state index contributed by atoms with van der Waals surface area (Å²) in [5.74, 6) is 1.01. The van der Waals surface area contributed by atoms with E-state index >= 15 is 0 Å². The monoisotopic (exact) mass is 486 g/mol. The number of nitrogens with one attached hydrogen (secondary N) is 2. The predicted molar refractivity (Wildman–Crippen MR) is 118 cm³/mol. The Labute approximate surface area is 170 Å². The molecule has 25 heavy (non-hydrogen) atoms. The van der Waals surface area contributed by atoms with Crippen LogP contribution in [0, 0.1) is 5.41 Å². The van der Waals surface area contributed by atoms with Crippen LogP contribution in [0.25, 0.3) is 0 Å². The van der Waals surface area contributed by atoms with Crippen LogP contribution in [0.15, 0.2) is 17.6 Å². The first kappa shape index (κ1) is 24.7. The molecule has 2 N–H and O–H groups in total. The van der Waals surface area contributed by atoms with E-state index in [1.165, 1.54) is 6.26 Å². The molecule has 148 valence electrons. The van der Waals surface area contributed by atoms with Gasteiger partial charge in [0.1, 0.15) is 9.84 Å². The van der Waals surface area contributed by atoms with Crippen LogP contribution in [0.2, 0.25) is 0 Å². The fourth-order valence-electron chi connectivity index (χ4n) is 2.70. The van der Waals surface area contributed by atoms with Crippen LogP contribution >= 0.6 is 24.0 Å². The summed E-state index contributed by atoms with van der Waals surface area (Å²) in [6, 6.07) is 0.427. The van der Waals surface area contributed by atoms with Crippen molar-refractivity contribution in [3.05, 3.63) is 12.7 Å². The first-order valence-electron chi connectivity index (χ1n) is 8.63. The molecule has 1 aliphatic heterocycles. The average molecular weight is 486 g/mol. The Morgan fingerprint density at radius 1 is 1.36 bits per heavy atom. The summed E-state index contributed by atoms with van der Waals surface area (Å²) in [7, 11) is -1.15. The molecular formula is C17H35IN4O2S. The zero-order valence-corrected chi connectivity index (χ0v) is 19.2.